The van der Waals surface area contributed by atoms with Crippen LogP contribution >= 0.6 is 0 Å². The lowest BCUT2D eigenvalue weighted by Gasteiger charge is -2.08. The molecule has 10 nitrogen and oxygen atoms in total. The molecule has 0 atom stereocenters. The molecule has 0 aliphatic heterocycles. The summed E-state index contributed by atoms with van der Waals surface area (Å²) in [6, 6.07) is 10.3. The second-order valence-corrected chi connectivity index (χ2v) is 6.95. The second kappa shape index (κ2) is 11.1. The monoisotopic (exact) mass is 492 g/mol. The van der Waals surface area contributed by atoms with Crippen LogP contribution in [0.25, 0.3) is 0 Å². The number of halogens is 3. The van der Waals surface area contributed by atoms with Gasteiger partial charge in [-0.3, -0.25) is 14.4 Å². The number of carbonyl (C=O) groups is 3. The topological polar surface area (TPSA) is 133 Å². The molecule has 3 rings (SSSR count). The predicted molar refractivity (Wildman–Crippen MR) is 113 cm³/mol. The molecule has 0 saturated carbocycles. The van der Waals surface area contributed by atoms with Crippen molar-refractivity contribution >= 4 is 23.5 Å². The number of nitrogens with zero attached hydrogens (tertiary/aromatic N) is 2. The number of hydrogen-bond donors (Lipinski definition) is 2. The van der Waals surface area contributed by atoms with Crippen molar-refractivity contribution in [2.24, 2.45) is 0 Å². The van der Waals surface area contributed by atoms with E-state index in [-0.39, 0.29) is 23.7 Å². The van der Waals surface area contributed by atoms with Crippen molar-refractivity contribution in [3.05, 3.63) is 71.4 Å². The molecule has 0 radical (unpaired) electrons. The zero-order chi connectivity index (χ0) is 25.4. The highest BCUT2D eigenvalue weighted by Crippen LogP contribution is 2.29. The van der Waals surface area contributed by atoms with Crippen LogP contribution in [0.5, 0.6) is 5.75 Å². The van der Waals surface area contributed by atoms with Crippen LogP contribution in [0.4, 0.5) is 18.9 Å². The fourth-order valence-electron chi connectivity index (χ4n) is 2.76. The Morgan fingerprint density at radius 1 is 1.06 bits per heavy atom. The molecule has 3 aromatic rings. The van der Waals surface area contributed by atoms with E-state index in [2.05, 4.69) is 20.8 Å². The van der Waals surface area contributed by atoms with E-state index < -0.39 is 42.7 Å². The van der Waals surface area contributed by atoms with Crippen molar-refractivity contribution in [2.45, 2.75) is 19.2 Å². The van der Waals surface area contributed by atoms with E-state index in [0.29, 0.717) is 11.4 Å². The Labute approximate surface area is 196 Å². The predicted octanol–water partition coefficient (Wildman–Crippen LogP) is 2.75. The third kappa shape index (κ3) is 7.28. The zero-order valence-corrected chi connectivity index (χ0v) is 18.2. The van der Waals surface area contributed by atoms with Crippen molar-refractivity contribution in [3.8, 4) is 5.75 Å². The SMILES string of the molecule is COc1ccccc1NC(=O)Cc1noc(COC(=O)CNC(=O)c2ccc(C(F)(F)F)cc2)n1. The van der Waals surface area contributed by atoms with E-state index in [1.165, 1.54) is 7.11 Å². The van der Waals surface area contributed by atoms with Crippen molar-refractivity contribution < 1.29 is 41.6 Å². The number of alkyl halides is 3. The fourth-order valence-corrected chi connectivity index (χ4v) is 2.76. The number of rotatable bonds is 9. The lowest BCUT2D eigenvalue weighted by atomic mass is 10.1. The third-order valence-electron chi connectivity index (χ3n) is 4.43. The van der Waals surface area contributed by atoms with Crippen molar-refractivity contribution in [2.75, 3.05) is 19.0 Å². The molecular weight excluding hydrogens is 473 g/mol. The molecule has 13 heteroatoms. The van der Waals surface area contributed by atoms with Crippen molar-refractivity contribution in [1.82, 2.24) is 15.5 Å². The highest BCUT2D eigenvalue weighted by Gasteiger charge is 2.30. The number of ether oxygens (including phenoxy) is 2. The van der Waals surface area contributed by atoms with Crippen LogP contribution in [0.2, 0.25) is 0 Å². The summed E-state index contributed by atoms with van der Waals surface area (Å²) in [5.41, 5.74) is -0.487. The summed E-state index contributed by atoms with van der Waals surface area (Å²) in [5.74, 6) is -1.57. The van der Waals surface area contributed by atoms with Gasteiger partial charge in [0.05, 0.1) is 24.8 Å². The number of anilines is 1. The number of amides is 2. The third-order valence-corrected chi connectivity index (χ3v) is 4.43. The maximum Gasteiger partial charge on any atom is 0.416 e. The minimum absolute atomic E-state index is 0.0547. The minimum atomic E-state index is -4.52. The van der Waals surface area contributed by atoms with Gasteiger partial charge in [-0.05, 0) is 36.4 Å². The summed E-state index contributed by atoms with van der Waals surface area (Å²) in [6.07, 6.45) is -4.73. The summed E-state index contributed by atoms with van der Waals surface area (Å²) in [6.45, 7) is -0.946. The highest BCUT2D eigenvalue weighted by atomic mass is 19.4. The number of para-hydroxylation sites is 2. The normalized spacial score (nSPS) is 11.0. The van der Waals surface area contributed by atoms with Gasteiger partial charge in [0, 0.05) is 5.56 Å². The van der Waals surface area contributed by atoms with Crippen LogP contribution in [0.1, 0.15) is 27.6 Å². The molecule has 0 spiro atoms. The lowest BCUT2D eigenvalue weighted by molar-refractivity contribution is -0.144. The molecule has 2 aromatic carbocycles. The van der Waals surface area contributed by atoms with Gasteiger partial charge in [0.25, 0.3) is 11.8 Å². The van der Waals surface area contributed by atoms with Gasteiger partial charge in [-0.1, -0.05) is 17.3 Å². The van der Waals surface area contributed by atoms with E-state index in [1.807, 2.05) is 0 Å². The molecule has 0 saturated heterocycles. The molecule has 184 valence electrons. The molecule has 1 aromatic heterocycles. The number of nitrogens with one attached hydrogen (secondary N) is 2. The summed E-state index contributed by atoms with van der Waals surface area (Å²) in [5, 5.41) is 8.52. The van der Waals surface area contributed by atoms with Crippen molar-refractivity contribution in [3.63, 3.8) is 0 Å². The summed E-state index contributed by atoms with van der Waals surface area (Å²) in [4.78, 5) is 39.9. The van der Waals surface area contributed by atoms with Gasteiger partial charge in [-0.2, -0.15) is 18.2 Å². The Hall–Kier alpha value is -4.42. The molecule has 0 bridgehead atoms. The first kappa shape index (κ1) is 25.2. The molecule has 0 aliphatic carbocycles. The lowest BCUT2D eigenvalue weighted by Crippen LogP contribution is -2.30. The quantitative estimate of drug-likeness (QED) is 0.436. The van der Waals surface area contributed by atoms with Gasteiger partial charge in [0.1, 0.15) is 12.3 Å². The minimum Gasteiger partial charge on any atom is -0.495 e. The number of hydrogen-bond acceptors (Lipinski definition) is 8. The van der Waals surface area contributed by atoms with E-state index in [1.54, 1.807) is 24.3 Å². The molecule has 2 N–H and O–H groups in total. The Kier molecular flexibility index (Phi) is 8.02. The Balaban J connectivity index is 1.42. The van der Waals surface area contributed by atoms with Crippen LogP contribution in [0.15, 0.2) is 53.1 Å². The smallest absolute Gasteiger partial charge is 0.416 e. The maximum atomic E-state index is 12.6. The van der Waals surface area contributed by atoms with Crippen molar-refractivity contribution in [1.29, 1.82) is 0 Å². The highest BCUT2D eigenvalue weighted by molar-refractivity contribution is 5.96. The first-order chi connectivity index (χ1) is 16.7. The average Bonchev–Trinajstić information content (AvgIpc) is 3.28. The van der Waals surface area contributed by atoms with Gasteiger partial charge in [-0.15, -0.1) is 0 Å². The number of aromatic nitrogens is 2. The number of carbonyl (C=O) groups excluding carboxylic acids is 3. The number of benzene rings is 2. The summed E-state index contributed by atoms with van der Waals surface area (Å²) in [7, 11) is 1.47. The van der Waals surface area contributed by atoms with Crippen LogP contribution < -0.4 is 15.4 Å². The molecule has 0 aliphatic rings. The first-order valence-corrected chi connectivity index (χ1v) is 10.0. The Bertz CT molecular complexity index is 1190. The number of esters is 1. The zero-order valence-electron chi connectivity index (χ0n) is 18.2. The fraction of sp³-hybridized carbons (Fsp3) is 0.227. The van der Waals surface area contributed by atoms with E-state index in [4.69, 9.17) is 14.0 Å². The van der Waals surface area contributed by atoms with Gasteiger partial charge < -0.3 is 24.6 Å². The van der Waals surface area contributed by atoms with Crippen LogP contribution in [-0.4, -0.2) is 41.6 Å². The van der Waals surface area contributed by atoms with Gasteiger partial charge in [-0.25, -0.2) is 0 Å². The average molecular weight is 492 g/mol. The molecule has 0 fully saturated rings. The Morgan fingerprint density at radius 3 is 2.46 bits per heavy atom. The number of methoxy groups -OCH3 is 1. The van der Waals surface area contributed by atoms with Gasteiger partial charge >= 0.3 is 12.1 Å². The van der Waals surface area contributed by atoms with Gasteiger partial charge in [0.2, 0.25) is 5.91 Å². The molecular formula is C22H19F3N4O6. The molecule has 35 heavy (non-hydrogen) atoms. The van der Waals surface area contributed by atoms with E-state index in [9.17, 15) is 27.6 Å². The molecule has 1 heterocycles. The van der Waals surface area contributed by atoms with Gasteiger partial charge in [0.15, 0.2) is 12.4 Å². The van der Waals surface area contributed by atoms with Crippen LogP contribution in [0.3, 0.4) is 0 Å². The van der Waals surface area contributed by atoms with E-state index >= 15 is 0 Å². The molecule has 0 unspecified atom stereocenters. The largest absolute Gasteiger partial charge is 0.495 e. The van der Waals surface area contributed by atoms with Crippen LogP contribution in [0, 0.1) is 0 Å². The molecule has 2 amide bonds. The standard InChI is InChI=1S/C22H19F3N4O6/c1-33-16-5-3-2-4-15(16)27-18(30)10-17-28-19(35-29-17)12-34-20(31)11-26-21(32)13-6-8-14(9-7-13)22(23,24)25/h2-9H,10-12H2,1H3,(H,26,32)(H,27,30). The summed E-state index contributed by atoms with van der Waals surface area (Å²) >= 11 is 0. The second-order valence-electron chi connectivity index (χ2n) is 6.95. The maximum absolute atomic E-state index is 12.6. The summed E-state index contributed by atoms with van der Waals surface area (Å²) < 4.78 is 52.7. The van der Waals surface area contributed by atoms with E-state index in [0.717, 1.165) is 24.3 Å². The Morgan fingerprint density at radius 2 is 1.77 bits per heavy atom. The van der Waals surface area contributed by atoms with Crippen LogP contribution in [-0.2, 0) is 33.5 Å². The first-order valence-electron chi connectivity index (χ1n) is 10.0.